The molecule has 1 aliphatic heterocycles. The van der Waals surface area contributed by atoms with E-state index < -0.39 is 15.9 Å². The van der Waals surface area contributed by atoms with Gasteiger partial charge in [-0.1, -0.05) is 41.7 Å². The van der Waals surface area contributed by atoms with Gasteiger partial charge >= 0.3 is 0 Å². The summed E-state index contributed by atoms with van der Waals surface area (Å²) in [7, 11) is 0.182. The number of amides is 1. The standard InChI is InChI=1S/C22H25N5O4S2/c1-25(2)17-7-5-6-16(14-17)18-8-3-4-9-20(18)33(30,31)27-12-10-26(11-13-27)22-23-15-19(32-22)21(28)24-29/h3-9,14-15,29H,10-13H2,1-2H3,(H,24,28). The van der Waals surface area contributed by atoms with Crippen LogP contribution in [0, 0.1) is 0 Å². The molecular formula is C22H25N5O4S2. The third-order valence-corrected chi connectivity index (χ3v) is 8.52. The molecular weight excluding hydrogens is 462 g/mol. The number of benzene rings is 2. The molecule has 4 rings (SSSR count). The van der Waals surface area contributed by atoms with Crippen molar-refractivity contribution in [1.29, 1.82) is 0 Å². The molecule has 174 valence electrons. The molecule has 0 radical (unpaired) electrons. The largest absolute Gasteiger partial charge is 0.378 e. The Balaban J connectivity index is 1.55. The van der Waals surface area contributed by atoms with E-state index in [1.165, 1.54) is 10.5 Å². The lowest BCUT2D eigenvalue weighted by atomic mass is 10.0. The van der Waals surface area contributed by atoms with E-state index in [9.17, 15) is 13.2 Å². The Bertz CT molecular complexity index is 1250. The van der Waals surface area contributed by atoms with Crippen LogP contribution in [0.25, 0.3) is 11.1 Å². The Morgan fingerprint density at radius 1 is 1.09 bits per heavy atom. The van der Waals surface area contributed by atoms with Crippen molar-refractivity contribution in [2.24, 2.45) is 0 Å². The molecule has 9 nitrogen and oxygen atoms in total. The summed E-state index contributed by atoms with van der Waals surface area (Å²) in [5.41, 5.74) is 4.10. The van der Waals surface area contributed by atoms with Crippen LogP contribution in [0.3, 0.4) is 0 Å². The van der Waals surface area contributed by atoms with Gasteiger partial charge in [0.1, 0.15) is 4.88 Å². The van der Waals surface area contributed by atoms with Gasteiger partial charge in [-0.25, -0.2) is 18.9 Å². The second-order valence-electron chi connectivity index (χ2n) is 7.78. The number of anilines is 2. The minimum atomic E-state index is -3.71. The van der Waals surface area contributed by atoms with E-state index in [1.807, 2.05) is 60.3 Å². The van der Waals surface area contributed by atoms with Crippen LogP contribution in [-0.4, -0.2) is 69.1 Å². The van der Waals surface area contributed by atoms with Crippen molar-refractivity contribution in [2.45, 2.75) is 4.90 Å². The predicted molar refractivity (Wildman–Crippen MR) is 129 cm³/mol. The van der Waals surface area contributed by atoms with Crippen LogP contribution in [0.4, 0.5) is 10.8 Å². The predicted octanol–water partition coefficient (Wildman–Crippen LogP) is 2.51. The van der Waals surface area contributed by atoms with Crippen molar-refractivity contribution < 1.29 is 18.4 Å². The van der Waals surface area contributed by atoms with E-state index in [-0.39, 0.29) is 9.77 Å². The molecule has 3 aromatic rings. The third kappa shape index (κ3) is 4.71. The number of rotatable bonds is 6. The van der Waals surface area contributed by atoms with E-state index in [0.29, 0.717) is 36.9 Å². The Hall–Kier alpha value is -2.99. The molecule has 1 fully saturated rings. The molecule has 0 spiro atoms. The lowest BCUT2D eigenvalue weighted by Gasteiger charge is -2.34. The van der Waals surface area contributed by atoms with Gasteiger partial charge in [0.25, 0.3) is 5.91 Å². The van der Waals surface area contributed by atoms with E-state index in [2.05, 4.69) is 4.98 Å². The van der Waals surface area contributed by atoms with Crippen LogP contribution in [-0.2, 0) is 10.0 Å². The molecule has 2 aromatic carbocycles. The Labute approximate surface area is 196 Å². The topological polar surface area (TPSA) is 106 Å². The highest BCUT2D eigenvalue weighted by Crippen LogP contribution is 2.32. The van der Waals surface area contributed by atoms with Gasteiger partial charge in [0.2, 0.25) is 10.0 Å². The minimum Gasteiger partial charge on any atom is -0.378 e. The van der Waals surface area contributed by atoms with Crippen LogP contribution in [0.1, 0.15) is 9.67 Å². The zero-order chi connectivity index (χ0) is 23.6. The monoisotopic (exact) mass is 487 g/mol. The summed E-state index contributed by atoms with van der Waals surface area (Å²) in [5.74, 6) is -0.616. The Morgan fingerprint density at radius 2 is 1.82 bits per heavy atom. The number of hydrogen-bond donors (Lipinski definition) is 2. The van der Waals surface area contributed by atoms with Crippen molar-refractivity contribution in [3.05, 3.63) is 59.6 Å². The van der Waals surface area contributed by atoms with Gasteiger partial charge < -0.3 is 9.80 Å². The minimum absolute atomic E-state index is 0.283. The van der Waals surface area contributed by atoms with Gasteiger partial charge in [-0.3, -0.25) is 10.0 Å². The van der Waals surface area contributed by atoms with E-state index >= 15 is 0 Å². The van der Waals surface area contributed by atoms with Gasteiger partial charge in [0.05, 0.1) is 11.1 Å². The fraction of sp³-hybridized carbons (Fsp3) is 0.273. The number of nitrogens with one attached hydrogen (secondary N) is 1. The molecule has 0 aliphatic carbocycles. The second-order valence-corrected chi connectivity index (χ2v) is 10.7. The van der Waals surface area contributed by atoms with Gasteiger partial charge in [-0.2, -0.15) is 4.31 Å². The quantitative estimate of drug-likeness (QED) is 0.406. The van der Waals surface area contributed by atoms with Gasteiger partial charge in [0.15, 0.2) is 5.13 Å². The van der Waals surface area contributed by atoms with Crippen molar-refractivity contribution in [3.8, 4) is 11.1 Å². The number of hydroxylamine groups is 1. The molecule has 1 saturated heterocycles. The fourth-order valence-electron chi connectivity index (χ4n) is 3.71. The Morgan fingerprint density at radius 3 is 2.52 bits per heavy atom. The summed E-state index contributed by atoms with van der Waals surface area (Å²) < 4.78 is 28.7. The van der Waals surface area contributed by atoms with Gasteiger partial charge in [-0.05, 0) is 23.8 Å². The molecule has 0 saturated carbocycles. The van der Waals surface area contributed by atoms with E-state index in [0.717, 1.165) is 22.6 Å². The first-order valence-electron chi connectivity index (χ1n) is 10.3. The summed E-state index contributed by atoms with van der Waals surface area (Å²) in [6.45, 7) is 1.50. The Kier molecular flexibility index (Phi) is 6.66. The number of piperazine rings is 1. The highest BCUT2D eigenvalue weighted by atomic mass is 32.2. The maximum absolute atomic E-state index is 13.6. The number of carbonyl (C=O) groups is 1. The molecule has 0 bridgehead atoms. The first kappa shape index (κ1) is 23.2. The van der Waals surface area contributed by atoms with E-state index in [1.54, 1.807) is 17.6 Å². The van der Waals surface area contributed by atoms with Crippen LogP contribution >= 0.6 is 11.3 Å². The van der Waals surface area contributed by atoms with Crippen molar-refractivity contribution in [1.82, 2.24) is 14.8 Å². The fourth-order valence-corrected chi connectivity index (χ4v) is 6.21. The maximum Gasteiger partial charge on any atom is 0.286 e. The average Bonchev–Trinajstić information content (AvgIpc) is 3.34. The number of thiazole rings is 1. The van der Waals surface area contributed by atoms with E-state index in [4.69, 9.17) is 5.21 Å². The smallest absolute Gasteiger partial charge is 0.286 e. The molecule has 0 unspecified atom stereocenters. The first-order valence-corrected chi connectivity index (χ1v) is 12.6. The number of sulfonamides is 1. The zero-order valence-corrected chi connectivity index (χ0v) is 19.9. The van der Waals surface area contributed by atoms with Crippen LogP contribution < -0.4 is 15.3 Å². The van der Waals surface area contributed by atoms with Gasteiger partial charge in [-0.15, -0.1) is 0 Å². The molecule has 1 amide bonds. The summed E-state index contributed by atoms with van der Waals surface area (Å²) >= 11 is 1.15. The summed E-state index contributed by atoms with van der Waals surface area (Å²) in [5, 5.41) is 9.39. The van der Waals surface area contributed by atoms with Crippen molar-refractivity contribution in [2.75, 3.05) is 50.1 Å². The summed E-state index contributed by atoms with van der Waals surface area (Å²) in [6, 6.07) is 14.9. The molecule has 1 aliphatic rings. The number of carbonyl (C=O) groups excluding carboxylic acids is 1. The number of hydrogen-bond acceptors (Lipinski definition) is 8. The highest BCUT2D eigenvalue weighted by Gasteiger charge is 2.31. The third-order valence-electron chi connectivity index (χ3n) is 5.51. The van der Waals surface area contributed by atoms with Crippen molar-refractivity contribution >= 4 is 38.1 Å². The second kappa shape index (κ2) is 9.48. The first-order chi connectivity index (χ1) is 15.8. The molecule has 0 atom stereocenters. The summed E-state index contributed by atoms with van der Waals surface area (Å²) in [4.78, 5) is 20.3. The lowest BCUT2D eigenvalue weighted by molar-refractivity contribution is 0.0710. The van der Waals surface area contributed by atoms with Gasteiger partial charge in [0, 0.05) is 51.5 Å². The lowest BCUT2D eigenvalue weighted by Crippen LogP contribution is -2.48. The highest BCUT2D eigenvalue weighted by molar-refractivity contribution is 7.89. The molecule has 11 heteroatoms. The molecule has 1 aromatic heterocycles. The molecule has 2 heterocycles. The normalized spacial score (nSPS) is 14.8. The van der Waals surface area contributed by atoms with Crippen molar-refractivity contribution in [3.63, 3.8) is 0 Å². The van der Waals surface area contributed by atoms with Crippen LogP contribution in [0.15, 0.2) is 59.6 Å². The maximum atomic E-state index is 13.6. The molecule has 33 heavy (non-hydrogen) atoms. The van der Waals surface area contributed by atoms with Crippen LogP contribution in [0.5, 0.6) is 0 Å². The summed E-state index contributed by atoms with van der Waals surface area (Å²) in [6.07, 6.45) is 1.40. The average molecular weight is 488 g/mol. The van der Waals surface area contributed by atoms with Crippen LogP contribution in [0.2, 0.25) is 0 Å². The number of aromatic nitrogens is 1. The molecule has 2 N–H and O–H groups in total. The number of nitrogens with zero attached hydrogens (tertiary/aromatic N) is 4. The zero-order valence-electron chi connectivity index (χ0n) is 18.3. The SMILES string of the molecule is CN(C)c1cccc(-c2ccccc2S(=O)(=O)N2CCN(c3ncc(C(=O)NO)s3)CC2)c1.